The number of carbonyl (C=O) groups is 3. The molecule has 2 aromatic rings. The number of hydrogen-bond acceptors (Lipinski definition) is 4. The maximum absolute atomic E-state index is 12.9. The zero-order valence-corrected chi connectivity index (χ0v) is 18.0. The number of carbonyl (C=O) groups excluding carboxylic acids is 3. The maximum atomic E-state index is 12.9. The lowest BCUT2D eigenvalue weighted by Crippen LogP contribution is -2.43. The van der Waals surface area contributed by atoms with E-state index in [4.69, 9.17) is 27.9 Å². The van der Waals surface area contributed by atoms with Crippen LogP contribution in [0.5, 0.6) is 5.75 Å². The third-order valence-corrected chi connectivity index (χ3v) is 5.49. The van der Waals surface area contributed by atoms with E-state index in [1.807, 2.05) is 24.3 Å². The van der Waals surface area contributed by atoms with Crippen molar-refractivity contribution in [3.8, 4) is 5.75 Å². The number of imide groups is 1. The normalized spacial score (nSPS) is 18.3. The second kappa shape index (κ2) is 8.93. The Morgan fingerprint density at radius 1 is 1.17 bits per heavy atom. The fourth-order valence-electron chi connectivity index (χ4n) is 3.26. The number of nitrogens with zero attached hydrogens (tertiary/aromatic N) is 1. The number of amides is 4. The van der Waals surface area contributed by atoms with Gasteiger partial charge in [0.1, 0.15) is 17.8 Å². The zero-order valence-electron chi connectivity index (χ0n) is 16.5. The number of benzene rings is 2. The maximum Gasteiger partial charge on any atom is 0.325 e. The van der Waals surface area contributed by atoms with Gasteiger partial charge in [0, 0.05) is 22.2 Å². The molecule has 0 radical (unpaired) electrons. The molecule has 2 aromatic carbocycles. The highest BCUT2D eigenvalue weighted by molar-refractivity contribution is 6.35. The van der Waals surface area contributed by atoms with Crippen LogP contribution < -0.4 is 15.4 Å². The van der Waals surface area contributed by atoms with Gasteiger partial charge in [-0.15, -0.1) is 0 Å². The Kier molecular flexibility index (Phi) is 6.53. The Morgan fingerprint density at radius 2 is 1.87 bits per heavy atom. The Labute approximate surface area is 184 Å². The lowest BCUT2D eigenvalue weighted by atomic mass is 9.92. The van der Waals surface area contributed by atoms with Crippen LogP contribution in [-0.4, -0.2) is 42.9 Å². The highest BCUT2D eigenvalue weighted by Gasteiger charge is 2.50. The Morgan fingerprint density at radius 3 is 2.50 bits per heavy atom. The number of urea groups is 1. The van der Waals surface area contributed by atoms with Gasteiger partial charge in [0.05, 0.1) is 7.11 Å². The van der Waals surface area contributed by atoms with Gasteiger partial charge in [-0.2, -0.15) is 0 Å². The molecule has 0 aromatic heterocycles. The van der Waals surface area contributed by atoms with Crippen LogP contribution in [-0.2, 0) is 21.5 Å². The summed E-state index contributed by atoms with van der Waals surface area (Å²) >= 11 is 12.1. The van der Waals surface area contributed by atoms with Crippen LogP contribution in [0.3, 0.4) is 0 Å². The molecule has 1 atom stereocenters. The smallest absolute Gasteiger partial charge is 0.325 e. The van der Waals surface area contributed by atoms with Gasteiger partial charge in [0.15, 0.2) is 0 Å². The van der Waals surface area contributed by atoms with E-state index in [1.165, 1.54) is 6.07 Å². The standard InChI is InChI=1S/C21H21Cl2N3O4/c1-21(16-8-5-14(22)11-17(16)23)19(28)26(20(29)25-21)12-18(27)24-10-9-13-3-6-15(30-2)7-4-13/h3-8,11H,9-10,12H2,1-2H3,(H,24,27)(H,25,29)/t21-/m1/s1. The van der Waals surface area contributed by atoms with E-state index in [9.17, 15) is 14.4 Å². The van der Waals surface area contributed by atoms with E-state index in [0.29, 0.717) is 23.6 Å². The summed E-state index contributed by atoms with van der Waals surface area (Å²) in [6, 6.07) is 11.5. The molecule has 0 spiro atoms. The van der Waals surface area contributed by atoms with E-state index in [1.54, 1.807) is 26.2 Å². The molecule has 1 saturated heterocycles. The monoisotopic (exact) mass is 449 g/mol. The van der Waals surface area contributed by atoms with Crippen LogP contribution in [0.15, 0.2) is 42.5 Å². The van der Waals surface area contributed by atoms with Crippen molar-refractivity contribution in [2.24, 2.45) is 0 Å². The van der Waals surface area contributed by atoms with Crippen molar-refractivity contribution in [3.63, 3.8) is 0 Å². The molecule has 0 saturated carbocycles. The summed E-state index contributed by atoms with van der Waals surface area (Å²) in [4.78, 5) is 38.5. The van der Waals surface area contributed by atoms with E-state index >= 15 is 0 Å². The van der Waals surface area contributed by atoms with Crippen LogP contribution in [0.25, 0.3) is 0 Å². The van der Waals surface area contributed by atoms with Gasteiger partial charge in [0.2, 0.25) is 5.91 Å². The fraction of sp³-hybridized carbons (Fsp3) is 0.286. The topological polar surface area (TPSA) is 87.7 Å². The molecule has 0 aliphatic carbocycles. The highest BCUT2D eigenvalue weighted by atomic mass is 35.5. The lowest BCUT2D eigenvalue weighted by Gasteiger charge is -2.23. The molecule has 0 unspecified atom stereocenters. The summed E-state index contributed by atoms with van der Waals surface area (Å²) < 4.78 is 5.11. The molecule has 1 fully saturated rings. The van der Waals surface area contributed by atoms with Crippen molar-refractivity contribution in [2.75, 3.05) is 20.2 Å². The van der Waals surface area contributed by atoms with E-state index < -0.39 is 23.4 Å². The van der Waals surface area contributed by atoms with Gasteiger partial charge in [-0.25, -0.2) is 4.79 Å². The molecule has 1 aliphatic rings. The SMILES string of the molecule is COc1ccc(CCNC(=O)CN2C(=O)N[C@](C)(c3ccc(Cl)cc3Cl)C2=O)cc1. The van der Waals surface area contributed by atoms with E-state index in [2.05, 4.69) is 10.6 Å². The van der Waals surface area contributed by atoms with E-state index in [0.717, 1.165) is 16.2 Å². The zero-order chi connectivity index (χ0) is 21.9. The van der Waals surface area contributed by atoms with Crippen molar-refractivity contribution < 1.29 is 19.1 Å². The minimum Gasteiger partial charge on any atom is -0.497 e. The molecule has 30 heavy (non-hydrogen) atoms. The summed E-state index contributed by atoms with van der Waals surface area (Å²) in [5.41, 5.74) is 0.0626. The Bertz CT molecular complexity index is 981. The summed E-state index contributed by atoms with van der Waals surface area (Å²) in [5.74, 6) is -0.231. The predicted octanol–water partition coefficient (Wildman–Crippen LogP) is 3.13. The molecule has 4 amide bonds. The van der Waals surface area contributed by atoms with Gasteiger partial charge in [0.25, 0.3) is 5.91 Å². The van der Waals surface area contributed by atoms with E-state index in [-0.39, 0.29) is 11.6 Å². The summed E-state index contributed by atoms with van der Waals surface area (Å²) in [5, 5.41) is 6.02. The number of nitrogens with one attached hydrogen (secondary N) is 2. The second-order valence-corrected chi connectivity index (χ2v) is 7.86. The molecule has 7 nitrogen and oxygen atoms in total. The van der Waals surface area contributed by atoms with Gasteiger partial charge in [-0.1, -0.05) is 41.4 Å². The van der Waals surface area contributed by atoms with Crippen molar-refractivity contribution in [3.05, 3.63) is 63.6 Å². The van der Waals surface area contributed by atoms with Gasteiger partial charge < -0.3 is 15.4 Å². The average molecular weight is 450 g/mol. The molecule has 2 N–H and O–H groups in total. The van der Waals surface area contributed by atoms with Crippen LogP contribution in [0, 0.1) is 0 Å². The summed E-state index contributed by atoms with van der Waals surface area (Å²) in [6.45, 7) is 1.53. The van der Waals surface area contributed by atoms with Crippen molar-refractivity contribution in [2.45, 2.75) is 18.9 Å². The number of halogens is 2. The second-order valence-electron chi connectivity index (χ2n) is 7.02. The first-order valence-corrected chi connectivity index (χ1v) is 9.99. The molecular formula is C21H21Cl2N3O4. The van der Waals surface area contributed by atoms with Gasteiger partial charge >= 0.3 is 6.03 Å². The van der Waals surface area contributed by atoms with Gasteiger partial charge in [-0.05, 0) is 43.2 Å². The minimum atomic E-state index is -1.37. The third kappa shape index (κ3) is 4.52. The molecule has 9 heteroatoms. The minimum absolute atomic E-state index is 0.254. The number of ether oxygens (including phenoxy) is 1. The number of hydrogen-bond donors (Lipinski definition) is 2. The number of rotatable bonds is 7. The fourth-order valence-corrected chi connectivity index (χ4v) is 3.85. The Balaban J connectivity index is 1.60. The molecule has 3 rings (SSSR count). The van der Waals surface area contributed by atoms with Crippen LogP contribution in [0.1, 0.15) is 18.1 Å². The van der Waals surface area contributed by atoms with Crippen molar-refractivity contribution >= 4 is 41.0 Å². The molecule has 1 heterocycles. The lowest BCUT2D eigenvalue weighted by molar-refractivity contribution is -0.134. The Hall–Kier alpha value is -2.77. The quantitative estimate of drug-likeness (QED) is 0.635. The molecule has 1 aliphatic heterocycles. The van der Waals surface area contributed by atoms with Crippen molar-refractivity contribution in [1.29, 1.82) is 0 Å². The third-order valence-electron chi connectivity index (χ3n) is 4.94. The first-order valence-electron chi connectivity index (χ1n) is 9.24. The first-order chi connectivity index (χ1) is 14.2. The summed E-state index contributed by atoms with van der Waals surface area (Å²) in [6.07, 6.45) is 0.605. The summed E-state index contributed by atoms with van der Waals surface area (Å²) in [7, 11) is 1.59. The van der Waals surface area contributed by atoms with Crippen LogP contribution >= 0.6 is 23.2 Å². The predicted molar refractivity (Wildman–Crippen MR) is 114 cm³/mol. The van der Waals surface area contributed by atoms with Crippen molar-refractivity contribution in [1.82, 2.24) is 15.5 Å². The highest BCUT2D eigenvalue weighted by Crippen LogP contribution is 2.34. The number of methoxy groups -OCH3 is 1. The molecule has 158 valence electrons. The van der Waals surface area contributed by atoms with Gasteiger partial charge in [-0.3, -0.25) is 14.5 Å². The van der Waals surface area contributed by atoms with Crippen LogP contribution in [0.2, 0.25) is 10.0 Å². The first kappa shape index (κ1) is 21.9. The molecule has 0 bridgehead atoms. The largest absolute Gasteiger partial charge is 0.497 e. The average Bonchev–Trinajstić information content (AvgIpc) is 2.92. The molecular weight excluding hydrogens is 429 g/mol. The van der Waals surface area contributed by atoms with Crippen LogP contribution in [0.4, 0.5) is 4.79 Å².